The Morgan fingerprint density at radius 3 is 2.58 bits per heavy atom. The molecule has 0 atom stereocenters. The lowest BCUT2D eigenvalue weighted by Crippen LogP contribution is -1.99. The van der Waals surface area contributed by atoms with Crippen molar-refractivity contribution in [1.29, 1.82) is 0 Å². The largest absolute Gasteiger partial charge is 0.497 e. The van der Waals surface area contributed by atoms with Crippen molar-refractivity contribution in [1.82, 2.24) is 0 Å². The number of ether oxygens (including phenoxy) is 1. The highest BCUT2D eigenvalue weighted by atomic mass is 16.5. The number of benzene rings is 2. The van der Waals surface area contributed by atoms with Crippen molar-refractivity contribution in [2.75, 3.05) is 7.11 Å². The van der Waals surface area contributed by atoms with Crippen LogP contribution in [0.15, 0.2) is 54.6 Å². The maximum atomic E-state index is 11.9. The molecule has 0 saturated carbocycles. The first-order valence-corrected chi connectivity index (χ1v) is 6.51. The molecule has 2 nitrogen and oxygen atoms in total. The Morgan fingerprint density at radius 2 is 1.84 bits per heavy atom. The average Bonchev–Trinajstić information content (AvgIpc) is 2.48. The normalized spacial score (nSPS) is 10.2. The molecular formula is C17H18O2. The lowest BCUT2D eigenvalue weighted by Gasteiger charge is -2.04. The molecule has 0 N–H and O–H groups in total. The molecule has 0 aromatic heterocycles. The molecule has 2 heteroatoms. The summed E-state index contributed by atoms with van der Waals surface area (Å²) in [5.41, 5.74) is 2.01. The van der Waals surface area contributed by atoms with Gasteiger partial charge in [-0.15, -0.1) is 0 Å². The molecule has 0 heterocycles. The lowest BCUT2D eigenvalue weighted by molar-refractivity contribution is 0.0980. The van der Waals surface area contributed by atoms with Gasteiger partial charge in [0.15, 0.2) is 5.78 Å². The predicted molar refractivity (Wildman–Crippen MR) is 76.7 cm³/mol. The molecule has 0 unspecified atom stereocenters. The molecule has 2 rings (SSSR count). The van der Waals surface area contributed by atoms with Crippen molar-refractivity contribution in [3.05, 3.63) is 65.7 Å². The highest BCUT2D eigenvalue weighted by molar-refractivity contribution is 5.95. The molecule has 0 spiro atoms. The van der Waals surface area contributed by atoms with Crippen LogP contribution in [0.3, 0.4) is 0 Å². The molecule has 0 saturated heterocycles. The van der Waals surface area contributed by atoms with Crippen LogP contribution < -0.4 is 4.74 Å². The van der Waals surface area contributed by atoms with E-state index in [9.17, 15) is 4.79 Å². The van der Waals surface area contributed by atoms with Crippen LogP contribution in [0.5, 0.6) is 5.75 Å². The number of hydrogen-bond donors (Lipinski definition) is 0. The Kier molecular flexibility index (Phi) is 4.73. The van der Waals surface area contributed by atoms with Crippen LogP contribution in [0.25, 0.3) is 0 Å². The van der Waals surface area contributed by atoms with Crippen LogP contribution in [0.1, 0.15) is 28.8 Å². The van der Waals surface area contributed by atoms with E-state index in [1.54, 1.807) is 7.11 Å². The van der Waals surface area contributed by atoms with Gasteiger partial charge in [-0.05, 0) is 30.5 Å². The summed E-state index contributed by atoms with van der Waals surface area (Å²) in [6.45, 7) is 0. The van der Waals surface area contributed by atoms with Gasteiger partial charge in [-0.2, -0.15) is 0 Å². The SMILES string of the molecule is COc1cccc(CCCC(=O)c2ccccc2)c1. The Labute approximate surface area is 114 Å². The molecule has 0 aliphatic rings. The Bertz CT molecular complexity index is 532. The summed E-state index contributed by atoms with van der Waals surface area (Å²) in [4.78, 5) is 11.9. The third-order valence-corrected chi connectivity index (χ3v) is 3.10. The van der Waals surface area contributed by atoms with Crippen LogP contribution >= 0.6 is 0 Å². The van der Waals surface area contributed by atoms with Gasteiger partial charge in [0.25, 0.3) is 0 Å². The Hall–Kier alpha value is -2.09. The summed E-state index contributed by atoms with van der Waals surface area (Å²) in [6.07, 6.45) is 2.35. The second kappa shape index (κ2) is 6.74. The molecule has 2 aromatic carbocycles. The quantitative estimate of drug-likeness (QED) is 0.731. The summed E-state index contributed by atoms with van der Waals surface area (Å²) < 4.78 is 5.18. The van der Waals surface area contributed by atoms with Gasteiger partial charge in [0.05, 0.1) is 7.11 Å². The summed E-state index contributed by atoms with van der Waals surface area (Å²) in [7, 11) is 1.66. The van der Waals surface area contributed by atoms with Gasteiger partial charge >= 0.3 is 0 Å². The van der Waals surface area contributed by atoms with Crippen molar-refractivity contribution in [3.8, 4) is 5.75 Å². The maximum absolute atomic E-state index is 11.9. The average molecular weight is 254 g/mol. The van der Waals surface area contributed by atoms with E-state index in [4.69, 9.17) is 4.74 Å². The van der Waals surface area contributed by atoms with E-state index in [-0.39, 0.29) is 5.78 Å². The minimum Gasteiger partial charge on any atom is -0.497 e. The minimum atomic E-state index is 0.212. The van der Waals surface area contributed by atoms with E-state index in [2.05, 4.69) is 6.07 Å². The van der Waals surface area contributed by atoms with Gasteiger partial charge < -0.3 is 4.74 Å². The van der Waals surface area contributed by atoms with E-state index in [1.807, 2.05) is 48.5 Å². The molecule has 0 bridgehead atoms. The summed E-state index contributed by atoms with van der Waals surface area (Å²) in [5, 5.41) is 0. The fourth-order valence-electron chi connectivity index (χ4n) is 2.05. The number of Topliss-reactive ketones (excluding diaryl/α,β-unsaturated/α-hetero) is 1. The number of hydrogen-bond acceptors (Lipinski definition) is 2. The topological polar surface area (TPSA) is 26.3 Å². The van der Waals surface area contributed by atoms with Gasteiger partial charge in [-0.1, -0.05) is 42.5 Å². The van der Waals surface area contributed by atoms with Gasteiger partial charge in [-0.3, -0.25) is 4.79 Å². The zero-order valence-corrected chi connectivity index (χ0v) is 11.1. The molecular weight excluding hydrogens is 236 g/mol. The monoisotopic (exact) mass is 254 g/mol. The molecule has 2 aromatic rings. The molecule has 19 heavy (non-hydrogen) atoms. The minimum absolute atomic E-state index is 0.212. The van der Waals surface area contributed by atoms with Gasteiger partial charge in [0.2, 0.25) is 0 Å². The highest BCUT2D eigenvalue weighted by Gasteiger charge is 2.05. The molecule has 0 aliphatic heterocycles. The molecule has 0 radical (unpaired) electrons. The number of carbonyl (C=O) groups is 1. The van der Waals surface area contributed by atoms with E-state index >= 15 is 0 Å². The molecule has 0 fully saturated rings. The second-order valence-corrected chi connectivity index (χ2v) is 4.49. The highest BCUT2D eigenvalue weighted by Crippen LogP contribution is 2.15. The van der Waals surface area contributed by atoms with Crippen molar-refractivity contribution < 1.29 is 9.53 Å². The fourth-order valence-corrected chi connectivity index (χ4v) is 2.05. The lowest BCUT2D eigenvalue weighted by atomic mass is 10.0. The standard InChI is InChI=1S/C17H18O2/c1-19-16-11-5-7-14(13-16)8-6-12-17(18)15-9-3-2-4-10-15/h2-5,7,9-11,13H,6,8,12H2,1H3. The first-order chi connectivity index (χ1) is 9.29. The zero-order chi connectivity index (χ0) is 13.5. The van der Waals surface area contributed by atoms with Crippen molar-refractivity contribution in [2.45, 2.75) is 19.3 Å². The number of methoxy groups -OCH3 is 1. The molecule has 98 valence electrons. The van der Waals surface area contributed by atoms with Crippen molar-refractivity contribution in [3.63, 3.8) is 0 Å². The number of ketones is 1. The summed E-state index contributed by atoms with van der Waals surface area (Å²) >= 11 is 0. The van der Waals surface area contributed by atoms with Crippen molar-refractivity contribution in [2.24, 2.45) is 0 Å². The zero-order valence-electron chi connectivity index (χ0n) is 11.1. The second-order valence-electron chi connectivity index (χ2n) is 4.49. The van der Waals surface area contributed by atoms with E-state index in [0.29, 0.717) is 6.42 Å². The summed E-state index contributed by atoms with van der Waals surface area (Å²) in [5.74, 6) is 1.08. The van der Waals surface area contributed by atoms with Crippen LogP contribution in [-0.4, -0.2) is 12.9 Å². The van der Waals surface area contributed by atoms with Crippen molar-refractivity contribution >= 4 is 5.78 Å². The number of carbonyl (C=O) groups excluding carboxylic acids is 1. The van der Waals surface area contributed by atoms with Crippen LogP contribution in [-0.2, 0) is 6.42 Å². The third kappa shape index (κ3) is 3.95. The van der Waals surface area contributed by atoms with E-state index in [0.717, 1.165) is 24.2 Å². The fraction of sp³-hybridized carbons (Fsp3) is 0.235. The van der Waals surface area contributed by atoms with Gasteiger partial charge in [0.1, 0.15) is 5.75 Å². The number of aryl methyl sites for hydroxylation is 1. The Morgan fingerprint density at radius 1 is 1.05 bits per heavy atom. The van der Waals surface area contributed by atoms with Gasteiger partial charge in [-0.25, -0.2) is 0 Å². The summed E-state index contributed by atoms with van der Waals surface area (Å²) in [6, 6.07) is 17.5. The van der Waals surface area contributed by atoms with Crippen LogP contribution in [0.2, 0.25) is 0 Å². The van der Waals surface area contributed by atoms with E-state index < -0.39 is 0 Å². The first-order valence-electron chi connectivity index (χ1n) is 6.51. The van der Waals surface area contributed by atoms with E-state index in [1.165, 1.54) is 5.56 Å². The smallest absolute Gasteiger partial charge is 0.162 e. The number of rotatable bonds is 6. The maximum Gasteiger partial charge on any atom is 0.162 e. The van der Waals surface area contributed by atoms with Gasteiger partial charge in [0, 0.05) is 12.0 Å². The molecule has 0 aliphatic carbocycles. The predicted octanol–water partition coefficient (Wildman–Crippen LogP) is 3.90. The van der Waals surface area contributed by atoms with Crippen LogP contribution in [0.4, 0.5) is 0 Å². The molecule has 0 amide bonds. The van der Waals surface area contributed by atoms with Crippen LogP contribution in [0, 0.1) is 0 Å². The Balaban J connectivity index is 1.85. The third-order valence-electron chi connectivity index (χ3n) is 3.10. The first kappa shape index (κ1) is 13.3.